The topological polar surface area (TPSA) is 36.1 Å². The minimum Gasteiger partial charge on any atom is -0.361 e. The van der Waals surface area contributed by atoms with Crippen molar-refractivity contribution in [3.05, 3.63) is 36.0 Å². The Labute approximate surface area is 125 Å². The molecule has 0 spiro atoms. The second-order valence-corrected chi connectivity index (χ2v) is 6.80. The van der Waals surface area contributed by atoms with Gasteiger partial charge < -0.3 is 9.88 Å². The normalized spacial score (nSPS) is 21.7. The number of aromatic amines is 1. The lowest BCUT2D eigenvalue weighted by Gasteiger charge is -2.33. The summed E-state index contributed by atoms with van der Waals surface area (Å²) in [7, 11) is 0. The Morgan fingerprint density at radius 3 is 2.67 bits per heavy atom. The van der Waals surface area contributed by atoms with Crippen LogP contribution in [0.15, 0.2) is 30.5 Å². The number of carbonyl (C=O) groups is 1. The fourth-order valence-corrected chi connectivity index (χ4v) is 3.71. The van der Waals surface area contributed by atoms with E-state index in [-0.39, 0.29) is 5.41 Å². The fourth-order valence-electron chi connectivity index (χ4n) is 3.71. The minimum absolute atomic E-state index is 0.236. The molecular formula is C18H22N2O. The van der Waals surface area contributed by atoms with E-state index in [9.17, 15) is 4.79 Å². The van der Waals surface area contributed by atoms with Crippen LogP contribution in [0.4, 0.5) is 0 Å². The zero-order valence-corrected chi connectivity index (χ0v) is 12.6. The molecular weight excluding hydrogens is 260 g/mol. The van der Waals surface area contributed by atoms with Gasteiger partial charge in [0.1, 0.15) is 0 Å². The van der Waals surface area contributed by atoms with E-state index < -0.39 is 0 Å². The van der Waals surface area contributed by atoms with E-state index in [1.54, 1.807) is 0 Å². The molecule has 1 aliphatic heterocycles. The van der Waals surface area contributed by atoms with Crippen LogP contribution in [-0.2, 0) is 10.2 Å². The Morgan fingerprint density at radius 1 is 1.24 bits per heavy atom. The van der Waals surface area contributed by atoms with Crippen LogP contribution in [0, 0.1) is 5.92 Å². The highest BCUT2D eigenvalue weighted by Crippen LogP contribution is 2.52. The summed E-state index contributed by atoms with van der Waals surface area (Å²) >= 11 is 0. The molecule has 1 saturated carbocycles. The highest BCUT2D eigenvalue weighted by Gasteiger charge is 2.54. The Hall–Kier alpha value is -1.77. The zero-order chi connectivity index (χ0) is 14.4. The van der Waals surface area contributed by atoms with Crippen molar-refractivity contribution in [1.29, 1.82) is 0 Å². The van der Waals surface area contributed by atoms with Crippen molar-refractivity contribution >= 4 is 16.8 Å². The number of carbonyl (C=O) groups excluding carboxylic acids is 1. The first-order chi connectivity index (χ1) is 10.2. The Bertz CT molecular complexity index is 675. The molecule has 1 aliphatic carbocycles. The van der Waals surface area contributed by atoms with Crippen molar-refractivity contribution in [2.75, 3.05) is 13.1 Å². The van der Waals surface area contributed by atoms with E-state index >= 15 is 0 Å². The predicted molar refractivity (Wildman–Crippen MR) is 84.2 cm³/mol. The highest BCUT2D eigenvalue weighted by atomic mass is 16.2. The van der Waals surface area contributed by atoms with Gasteiger partial charge in [-0.3, -0.25) is 4.79 Å². The number of fused-ring (bicyclic) bond motifs is 1. The molecule has 3 heteroatoms. The number of rotatable bonds is 2. The second kappa shape index (κ2) is 4.62. The van der Waals surface area contributed by atoms with Crippen molar-refractivity contribution in [3.63, 3.8) is 0 Å². The standard InChI is InChI=1S/C18H22N2O/c1-13-6-10-20(11-7-13)17(21)18(8-9-18)15-12-19-16-5-3-2-4-14(15)16/h2-5,12-13,19H,6-11H2,1H3. The number of piperidine rings is 1. The van der Waals surface area contributed by atoms with Crippen molar-refractivity contribution < 1.29 is 4.79 Å². The summed E-state index contributed by atoms with van der Waals surface area (Å²) in [5, 5.41) is 1.22. The number of aromatic nitrogens is 1. The molecule has 110 valence electrons. The molecule has 2 aromatic rings. The Morgan fingerprint density at radius 2 is 1.95 bits per heavy atom. The van der Waals surface area contributed by atoms with Crippen LogP contribution in [0.5, 0.6) is 0 Å². The van der Waals surface area contributed by atoms with Gasteiger partial charge in [0.15, 0.2) is 0 Å². The van der Waals surface area contributed by atoms with Gasteiger partial charge in [-0.05, 0) is 43.2 Å². The molecule has 0 unspecified atom stereocenters. The third-order valence-electron chi connectivity index (χ3n) is 5.34. The maximum atomic E-state index is 13.0. The molecule has 1 aromatic carbocycles. The molecule has 0 bridgehead atoms. The van der Waals surface area contributed by atoms with E-state index in [1.165, 1.54) is 10.9 Å². The average Bonchev–Trinajstić information content (AvgIpc) is 3.20. The van der Waals surface area contributed by atoms with Gasteiger partial charge in [0.25, 0.3) is 0 Å². The number of amides is 1. The molecule has 21 heavy (non-hydrogen) atoms. The number of hydrogen-bond acceptors (Lipinski definition) is 1. The average molecular weight is 282 g/mol. The summed E-state index contributed by atoms with van der Waals surface area (Å²) in [4.78, 5) is 18.5. The molecule has 2 heterocycles. The van der Waals surface area contributed by atoms with Crippen LogP contribution in [0.3, 0.4) is 0 Å². The highest BCUT2D eigenvalue weighted by molar-refractivity contribution is 5.97. The molecule has 0 atom stereocenters. The number of likely N-dealkylation sites (tertiary alicyclic amines) is 1. The maximum Gasteiger partial charge on any atom is 0.233 e. The SMILES string of the molecule is CC1CCN(C(=O)C2(c3c[nH]c4ccccc34)CC2)CC1. The van der Waals surface area contributed by atoms with Crippen LogP contribution in [0.1, 0.15) is 38.2 Å². The first-order valence-corrected chi connectivity index (χ1v) is 8.07. The number of H-pyrrole nitrogens is 1. The van der Waals surface area contributed by atoms with Crippen LogP contribution < -0.4 is 0 Å². The number of hydrogen-bond donors (Lipinski definition) is 1. The van der Waals surface area contributed by atoms with Gasteiger partial charge in [0, 0.05) is 30.2 Å². The molecule has 0 radical (unpaired) electrons. The van der Waals surface area contributed by atoms with Gasteiger partial charge in [-0.25, -0.2) is 0 Å². The van der Waals surface area contributed by atoms with E-state index in [0.29, 0.717) is 5.91 Å². The van der Waals surface area contributed by atoms with E-state index in [1.807, 2.05) is 6.07 Å². The van der Waals surface area contributed by atoms with Crippen LogP contribution in [-0.4, -0.2) is 28.9 Å². The zero-order valence-electron chi connectivity index (χ0n) is 12.6. The van der Waals surface area contributed by atoms with Crippen LogP contribution >= 0.6 is 0 Å². The number of para-hydroxylation sites is 1. The first-order valence-electron chi connectivity index (χ1n) is 8.07. The summed E-state index contributed by atoms with van der Waals surface area (Å²) < 4.78 is 0. The smallest absolute Gasteiger partial charge is 0.233 e. The van der Waals surface area contributed by atoms with Gasteiger partial charge in [-0.2, -0.15) is 0 Å². The Balaban J connectivity index is 1.66. The third-order valence-corrected chi connectivity index (χ3v) is 5.34. The predicted octanol–water partition coefficient (Wildman–Crippen LogP) is 3.46. The molecule has 3 nitrogen and oxygen atoms in total. The molecule has 1 amide bonds. The fraction of sp³-hybridized carbons (Fsp3) is 0.500. The molecule has 2 aliphatic rings. The monoisotopic (exact) mass is 282 g/mol. The summed E-state index contributed by atoms with van der Waals surface area (Å²) in [6.07, 6.45) is 6.35. The Kier molecular flexibility index (Phi) is 2.84. The largest absolute Gasteiger partial charge is 0.361 e. The summed E-state index contributed by atoms with van der Waals surface area (Å²) in [6.45, 7) is 4.16. The first kappa shape index (κ1) is 12.9. The lowest BCUT2D eigenvalue weighted by molar-refractivity contribution is -0.135. The summed E-state index contributed by atoms with van der Waals surface area (Å²) in [5.41, 5.74) is 2.11. The van der Waals surface area contributed by atoms with Crippen LogP contribution in [0.25, 0.3) is 10.9 Å². The molecule has 1 aromatic heterocycles. The van der Waals surface area contributed by atoms with Gasteiger partial charge in [0.2, 0.25) is 5.91 Å². The third kappa shape index (κ3) is 1.98. The van der Waals surface area contributed by atoms with Crippen molar-refractivity contribution in [1.82, 2.24) is 9.88 Å². The quantitative estimate of drug-likeness (QED) is 0.899. The van der Waals surface area contributed by atoms with E-state index in [0.717, 1.165) is 50.2 Å². The molecule has 4 rings (SSSR count). The number of nitrogens with one attached hydrogen (secondary N) is 1. The summed E-state index contributed by atoms with van der Waals surface area (Å²) in [5.74, 6) is 1.12. The van der Waals surface area contributed by atoms with E-state index in [4.69, 9.17) is 0 Å². The van der Waals surface area contributed by atoms with Crippen molar-refractivity contribution in [2.45, 2.75) is 38.0 Å². The number of benzene rings is 1. The van der Waals surface area contributed by atoms with Gasteiger partial charge in [-0.1, -0.05) is 25.1 Å². The van der Waals surface area contributed by atoms with Gasteiger partial charge in [0.05, 0.1) is 5.41 Å². The van der Waals surface area contributed by atoms with Crippen LogP contribution in [0.2, 0.25) is 0 Å². The second-order valence-electron chi connectivity index (χ2n) is 6.80. The van der Waals surface area contributed by atoms with Crippen molar-refractivity contribution in [2.24, 2.45) is 5.92 Å². The van der Waals surface area contributed by atoms with Gasteiger partial charge >= 0.3 is 0 Å². The molecule has 2 fully saturated rings. The van der Waals surface area contributed by atoms with Crippen molar-refractivity contribution in [3.8, 4) is 0 Å². The van der Waals surface area contributed by atoms with Gasteiger partial charge in [-0.15, -0.1) is 0 Å². The van der Waals surface area contributed by atoms with E-state index in [2.05, 4.69) is 41.2 Å². The number of nitrogens with zero attached hydrogens (tertiary/aromatic N) is 1. The molecule has 1 N–H and O–H groups in total. The lowest BCUT2D eigenvalue weighted by atomic mass is 9.91. The lowest BCUT2D eigenvalue weighted by Crippen LogP contribution is -2.43. The summed E-state index contributed by atoms with van der Waals surface area (Å²) in [6, 6.07) is 8.31. The molecule has 1 saturated heterocycles. The minimum atomic E-state index is -0.236. The maximum absolute atomic E-state index is 13.0.